The van der Waals surface area contributed by atoms with Gasteiger partial charge >= 0.3 is 0 Å². The number of nitrogens with one attached hydrogen (secondary N) is 1. The van der Waals surface area contributed by atoms with E-state index in [4.69, 9.17) is 0 Å². The molecule has 1 aromatic heterocycles. The highest BCUT2D eigenvalue weighted by atomic mass is 79.9. The van der Waals surface area contributed by atoms with Gasteiger partial charge in [0.1, 0.15) is 0 Å². The third-order valence-electron chi connectivity index (χ3n) is 2.15. The molecule has 4 heteroatoms. The van der Waals surface area contributed by atoms with Crippen LogP contribution in [0.5, 0.6) is 0 Å². The summed E-state index contributed by atoms with van der Waals surface area (Å²) in [5.41, 5.74) is 0. The summed E-state index contributed by atoms with van der Waals surface area (Å²) in [6.45, 7) is 0. The van der Waals surface area contributed by atoms with E-state index >= 15 is 0 Å². The average molecular weight is 260 g/mol. The van der Waals surface area contributed by atoms with Crippen molar-refractivity contribution < 1.29 is 4.79 Å². The lowest BCUT2D eigenvalue weighted by Crippen LogP contribution is -2.26. The minimum absolute atomic E-state index is 0.195. The quantitative estimate of drug-likeness (QED) is 0.868. The van der Waals surface area contributed by atoms with Gasteiger partial charge < -0.3 is 5.32 Å². The van der Waals surface area contributed by atoms with Crippen LogP contribution in [0.15, 0.2) is 15.9 Å². The van der Waals surface area contributed by atoms with E-state index in [-0.39, 0.29) is 5.91 Å². The van der Waals surface area contributed by atoms with Gasteiger partial charge in [-0.25, -0.2) is 0 Å². The molecule has 0 aromatic carbocycles. The Kier molecular flexibility index (Phi) is 2.69. The van der Waals surface area contributed by atoms with Crippen LogP contribution in [-0.2, 0) is 11.2 Å². The van der Waals surface area contributed by atoms with Crippen LogP contribution < -0.4 is 5.32 Å². The minimum Gasteiger partial charge on any atom is -0.353 e. The normalized spacial score (nSPS) is 21.9. The molecule has 70 valence electrons. The summed E-state index contributed by atoms with van der Waals surface area (Å²) >= 11 is 5.16. The number of hydrogen-bond donors (Lipinski definition) is 1. The van der Waals surface area contributed by atoms with E-state index < -0.39 is 0 Å². The predicted molar refractivity (Wildman–Crippen MR) is 56.9 cm³/mol. The molecular weight excluding hydrogens is 250 g/mol. The van der Waals surface area contributed by atoms with Gasteiger partial charge in [-0.15, -0.1) is 11.3 Å². The maximum Gasteiger partial charge on any atom is 0.220 e. The number of carbonyl (C=O) groups excluding carboxylic acids is 1. The topological polar surface area (TPSA) is 29.1 Å². The van der Waals surface area contributed by atoms with E-state index in [0.717, 1.165) is 17.3 Å². The molecule has 0 bridgehead atoms. The number of carbonyl (C=O) groups is 1. The van der Waals surface area contributed by atoms with Crippen molar-refractivity contribution in [3.63, 3.8) is 0 Å². The fourth-order valence-corrected chi connectivity index (χ4v) is 3.07. The SMILES string of the molecule is O=C1CCC(Cc2cc(Br)cs2)N1. The molecule has 1 aromatic rings. The molecule has 2 heterocycles. The van der Waals surface area contributed by atoms with E-state index in [1.807, 2.05) is 0 Å². The summed E-state index contributed by atoms with van der Waals surface area (Å²) in [6, 6.07) is 2.48. The third-order valence-corrected chi connectivity index (χ3v) is 3.87. The molecule has 0 spiro atoms. The maximum atomic E-state index is 10.9. The van der Waals surface area contributed by atoms with Crippen LogP contribution in [-0.4, -0.2) is 11.9 Å². The fraction of sp³-hybridized carbons (Fsp3) is 0.444. The Bertz CT molecular complexity index is 323. The van der Waals surface area contributed by atoms with Crippen molar-refractivity contribution in [3.8, 4) is 0 Å². The van der Waals surface area contributed by atoms with Crippen molar-refractivity contribution in [3.05, 3.63) is 20.8 Å². The van der Waals surface area contributed by atoms with Crippen molar-refractivity contribution in [2.75, 3.05) is 0 Å². The van der Waals surface area contributed by atoms with Crippen LogP contribution in [0.3, 0.4) is 0 Å². The second kappa shape index (κ2) is 3.80. The van der Waals surface area contributed by atoms with Crippen molar-refractivity contribution in [2.24, 2.45) is 0 Å². The second-order valence-corrected chi connectivity index (χ2v) is 5.15. The van der Waals surface area contributed by atoms with Gasteiger partial charge in [0, 0.05) is 33.6 Å². The lowest BCUT2D eigenvalue weighted by atomic mass is 10.1. The van der Waals surface area contributed by atoms with Crippen LogP contribution in [0, 0.1) is 0 Å². The molecule has 1 atom stereocenters. The zero-order valence-electron chi connectivity index (χ0n) is 7.05. The summed E-state index contributed by atoms with van der Waals surface area (Å²) in [5, 5.41) is 5.04. The Balaban J connectivity index is 1.95. The molecule has 1 aliphatic rings. The predicted octanol–water partition coefficient (Wildman–Crippen LogP) is 2.33. The number of halogens is 1. The van der Waals surface area contributed by atoms with Gasteiger partial charge in [0.15, 0.2) is 0 Å². The number of amides is 1. The first-order valence-corrected chi connectivity index (χ1v) is 5.93. The highest BCUT2D eigenvalue weighted by Crippen LogP contribution is 2.22. The monoisotopic (exact) mass is 259 g/mol. The van der Waals surface area contributed by atoms with E-state index in [1.54, 1.807) is 11.3 Å². The summed E-state index contributed by atoms with van der Waals surface area (Å²) in [7, 11) is 0. The van der Waals surface area contributed by atoms with Crippen LogP contribution in [0.2, 0.25) is 0 Å². The van der Waals surface area contributed by atoms with E-state index in [1.165, 1.54) is 4.88 Å². The minimum atomic E-state index is 0.195. The zero-order chi connectivity index (χ0) is 9.26. The Morgan fingerprint density at radius 1 is 1.69 bits per heavy atom. The average Bonchev–Trinajstić information content (AvgIpc) is 2.62. The van der Waals surface area contributed by atoms with Crippen molar-refractivity contribution in [1.82, 2.24) is 5.32 Å². The number of rotatable bonds is 2. The van der Waals surface area contributed by atoms with Gasteiger partial charge in [-0.05, 0) is 28.4 Å². The molecule has 1 amide bonds. The number of hydrogen-bond acceptors (Lipinski definition) is 2. The molecular formula is C9H10BrNOS. The van der Waals surface area contributed by atoms with Crippen molar-refractivity contribution in [2.45, 2.75) is 25.3 Å². The second-order valence-electron chi connectivity index (χ2n) is 3.24. The molecule has 1 aliphatic heterocycles. The maximum absolute atomic E-state index is 10.9. The van der Waals surface area contributed by atoms with E-state index in [9.17, 15) is 4.79 Å². The lowest BCUT2D eigenvalue weighted by molar-refractivity contribution is -0.119. The Hall–Kier alpha value is -0.350. The molecule has 1 saturated heterocycles. The van der Waals surface area contributed by atoms with Gasteiger partial charge in [0.05, 0.1) is 0 Å². The molecule has 13 heavy (non-hydrogen) atoms. The van der Waals surface area contributed by atoms with Gasteiger partial charge in [0.25, 0.3) is 0 Å². The van der Waals surface area contributed by atoms with Crippen LogP contribution >= 0.6 is 27.3 Å². The molecule has 1 N–H and O–H groups in total. The summed E-state index contributed by atoms with van der Waals surface area (Å²) in [4.78, 5) is 12.3. The molecule has 1 fully saturated rings. The fourth-order valence-electron chi connectivity index (χ4n) is 1.53. The summed E-state index contributed by atoms with van der Waals surface area (Å²) < 4.78 is 1.14. The molecule has 2 nitrogen and oxygen atoms in total. The number of thiophene rings is 1. The third kappa shape index (κ3) is 2.31. The van der Waals surface area contributed by atoms with Gasteiger partial charge in [-0.1, -0.05) is 0 Å². The summed E-state index contributed by atoms with van der Waals surface area (Å²) in [5.74, 6) is 0.195. The van der Waals surface area contributed by atoms with Gasteiger partial charge in [0.2, 0.25) is 5.91 Å². The highest BCUT2D eigenvalue weighted by Gasteiger charge is 2.21. The standard InChI is InChI=1S/C9H10BrNOS/c10-6-3-8(13-5-6)4-7-1-2-9(12)11-7/h3,5,7H,1-2,4H2,(H,11,12). The first-order valence-electron chi connectivity index (χ1n) is 4.26. The molecule has 0 aliphatic carbocycles. The molecule has 0 radical (unpaired) electrons. The highest BCUT2D eigenvalue weighted by molar-refractivity contribution is 9.10. The first-order chi connectivity index (χ1) is 6.24. The van der Waals surface area contributed by atoms with Crippen LogP contribution in [0.4, 0.5) is 0 Å². The first kappa shape index (κ1) is 9.21. The zero-order valence-corrected chi connectivity index (χ0v) is 9.45. The van der Waals surface area contributed by atoms with Gasteiger partial charge in [-0.3, -0.25) is 4.79 Å². The van der Waals surface area contributed by atoms with Crippen molar-refractivity contribution >= 4 is 33.2 Å². The van der Waals surface area contributed by atoms with Crippen LogP contribution in [0.25, 0.3) is 0 Å². The molecule has 2 rings (SSSR count). The van der Waals surface area contributed by atoms with Crippen molar-refractivity contribution in [1.29, 1.82) is 0 Å². The Labute approximate surface area is 89.5 Å². The van der Waals surface area contributed by atoms with E-state index in [2.05, 4.69) is 32.7 Å². The Morgan fingerprint density at radius 2 is 2.54 bits per heavy atom. The molecule has 1 unspecified atom stereocenters. The smallest absolute Gasteiger partial charge is 0.220 e. The molecule has 0 saturated carbocycles. The summed E-state index contributed by atoms with van der Waals surface area (Å²) in [6.07, 6.45) is 2.65. The van der Waals surface area contributed by atoms with Gasteiger partial charge in [-0.2, -0.15) is 0 Å². The lowest BCUT2D eigenvalue weighted by Gasteiger charge is -2.06. The van der Waals surface area contributed by atoms with Crippen LogP contribution in [0.1, 0.15) is 17.7 Å². The Morgan fingerprint density at radius 3 is 3.08 bits per heavy atom. The van der Waals surface area contributed by atoms with E-state index in [0.29, 0.717) is 12.5 Å². The largest absolute Gasteiger partial charge is 0.353 e.